The molecule has 1 aromatic heterocycles. The van der Waals surface area contributed by atoms with Gasteiger partial charge in [-0.15, -0.1) is 0 Å². The highest BCUT2D eigenvalue weighted by molar-refractivity contribution is 5.96. The maximum Gasteiger partial charge on any atom is 0.338 e. The number of nitrogens with zero attached hydrogens (tertiary/aromatic N) is 2. The van der Waals surface area contributed by atoms with Crippen molar-refractivity contribution in [2.45, 2.75) is 32.5 Å². The van der Waals surface area contributed by atoms with Gasteiger partial charge in [-0.2, -0.15) is 0 Å². The summed E-state index contributed by atoms with van der Waals surface area (Å²) in [5.74, 6) is 0.874. The average Bonchev–Trinajstić information content (AvgIpc) is 3.12. The fourth-order valence-electron chi connectivity index (χ4n) is 3.61. The summed E-state index contributed by atoms with van der Waals surface area (Å²) in [7, 11) is 1.89. The van der Waals surface area contributed by atoms with Crippen LogP contribution in [0.1, 0.15) is 40.3 Å². The number of hydrogen-bond acceptors (Lipinski definition) is 5. The molecule has 1 heterocycles. The molecular weight excluding hydrogens is 344 g/mol. The zero-order chi connectivity index (χ0) is 19.1. The van der Waals surface area contributed by atoms with Crippen molar-refractivity contribution >= 4 is 17.0 Å². The Kier molecular flexibility index (Phi) is 4.36. The lowest BCUT2D eigenvalue weighted by Crippen LogP contribution is -2.19. The smallest absolute Gasteiger partial charge is 0.338 e. The van der Waals surface area contributed by atoms with Gasteiger partial charge in [0.25, 0.3) is 0 Å². The van der Waals surface area contributed by atoms with Crippen LogP contribution in [-0.2, 0) is 18.2 Å². The standard InChI is InChI=1S/C21H22N2O4/c1-4-26-21(25)14-9-16-19(22-12(2)23(16)3)18(11-14)27-20-15-8-6-5-7-13(15)10-17(20)24/h5-9,11,17,20,24H,4,10H2,1-3H3. The number of fused-ring (bicyclic) bond motifs is 2. The van der Waals surface area contributed by atoms with Crippen molar-refractivity contribution in [1.82, 2.24) is 9.55 Å². The third-order valence-corrected chi connectivity index (χ3v) is 5.08. The van der Waals surface area contributed by atoms with Gasteiger partial charge in [0.1, 0.15) is 17.1 Å². The molecule has 6 nitrogen and oxygen atoms in total. The summed E-state index contributed by atoms with van der Waals surface area (Å²) >= 11 is 0. The number of benzene rings is 2. The number of aliphatic hydroxyl groups is 1. The van der Waals surface area contributed by atoms with Gasteiger partial charge in [0.15, 0.2) is 6.10 Å². The molecule has 0 spiro atoms. The number of imidazole rings is 1. The van der Waals surface area contributed by atoms with E-state index in [9.17, 15) is 9.90 Å². The Balaban J connectivity index is 1.81. The molecule has 1 aliphatic rings. The average molecular weight is 366 g/mol. The van der Waals surface area contributed by atoms with Crippen molar-refractivity contribution in [3.8, 4) is 5.75 Å². The number of ether oxygens (including phenoxy) is 2. The summed E-state index contributed by atoms with van der Waals surface area (Å²) in [6.07, 6.45) is -0.597. The molecule has 3 aromatic rings. The Labute approximate surface area is 157 Å². The number of carbonyl (C=O) groups is 1. The lowest BCUT2D eigenvalue weighted by atomic mass is 10.1. The van der Waals surface area contributed by atoms with E-state index in [1.807, 2.05) is 42.8 Å². The zero-order valence-electron chi connectivity index (χ0n) is 15.6. The van der Waals surface area contributed by atoms with Crippen LogP contribution in [0.3, 0.4) is 0 Å². The predicted octanol–water partition coefficient (Wildman–Crippen LogP) is 3.10. The molecule has 0 radical (unpaired) electrons. The van der Waals surface area contributed by atoms with Crippen LogP contribution >= 0.6 is 0 Å². The number of aryl methyl sites for hydroxylation is 2. The van der Waals surface area contributed by atoms with Gasteiger partial charge in [-0.3, -0.25) is 0 Å². The summed E-state index contributed by atoms with van der Waals surface area (Å²) in [6.45, 7) is 3.97. The summed E-state index contributed by atoms with van der Waals surface area (Å²) in [6, 6.07) is 11.3. The fourth-order valence-corrected chi connectivity index (χ4v) is 3.61. The van der Waals surface area contributed by atoms with Gasteiger partial charge in [0, 0.05) is 13.5 Å². The second kappa shape index (κ2) is 6.70. The second-order valence-electron chi connectivity index (χ2n) is 6.79. The SMILES string of the molecule is CCOC(=O)c1cc(OC2c3ccccc3CC2O)c2nc(C)n(C)c2c1. The molecule has 0 aliphatic heterocycles. The van der Waals surface area contributed by atoms with Crippen LogP contribution in [0.5, 0.6) is 5.75 Å². The van der Waals surface area contributed by atoms with E-state index in [0.717, 1.165) is 22.5 Å². The molecule has 0 saturated carbocycles. The van der Waals surface area contributed by atoms with Crippen LogP contribution < -0.4 is 4.74 Å². The minimum absolute atomic E-state index is 0.298. The van der Waals surface area contributed by atoms with Gasteiger partial charge in [0.2, 0.25) is 0 Å². The molecule has 140 valence electrons. The van der Waals surface area contributed by atoms with Crippen LogP contribution in [0, 0.1) is 6.92 Å². The van der Waals surface area contributed by atoms with Gasteiger partial charge in [-0.1, -0.05) is 24.3 Å². The summed E-state index contributed by atoms with van der Waals surface area (Å²) in [5.41, 5.74) is 3.90. The molecule has 1 N–H and O–H groups in total. The number of esters is 1. The van der Waals surface area contributed by atoms with Crippen LogP contribution in [0.25, 0.3) is 11.0 Å². The molecule has 0 bridgehead atoms. The molecule has 4 rings (SSSR count). The lowest BCUT2D eigenvalue weighted by Gasteiger charge is -2.19. The first-order valence-corrected chi connectivity index (χ1v) is 9.06. The number of hydrogen-bond donors (Lipinski definition) is 1. The number of rotatable bonds is 4. The summed E-state index contributed by atoms with van der Waals surface area (Å²) in [4.78, 5) is 16.9. The van der Waals surface area contributed by atoms with Crippen molar-refractivity contribution in [3.63, 3.8) is 0 Å². The normalized spacial score (nSPS) is 18.5. The Hall–Kier alpha value is -2.86. The first-order valence-electron chi connectivity index (χ1n) is 9.06. The molecule has 1 aliphatic carbocycles. The second-order valence-corrected chi connectivity index (χ2v) is 6.79. The summed E-state index contributed by atoms with van der Waals surface area (Å²) in [5, 5.41) is 10.5. The number of aromatic nitrogens is 2. The van der Waals surface area contributed by atoms with Gasteiger partial charge in [-0.05, 0) is 37.1 Å². The van der Waals surface area contributed by atoms with Gasteiger partial charge in [0.05, 0.1) is 23.8 Å². The van der Waals surface area contributed by atoms with Crippen LogP contribution in [-0.4, -0.2) is 33.3 Å². The molecule has 0 amide bonds. The molecule has 2 aromatic carbocycles. The minimum Gasteiger partial charge on any atom is -0.481 e. The Bertz CT molecular complexity index is 1020. The number of carbonyl (C=O) groups excluding carboxylic acids is 1. The Morgan fingerprint density at radius 2 is 2.11 bits per heavy atom. The van der Waals surface area contributed by atoms with E-state index >= 15 is 0 Å². The maximum absolute atomic E-state index is 12.3. The molecule has 6 heteroatoms. The first-order chi connectivity index (χ1) is 13.0. The number of aliphatic hydroxyl groups excluding tert-OH is 1. The topological polar surface area (TPSA) is 73.6 Å². The van der Waals surface area contributed by atoms with Crippen LogP contribution in [0.15, 0.2) is 36.4 Å². The lowest BCUT2D eigenvalue weighted by molar-refractivity contribution is 0.0493. The van der Waals surface area contributed by atoms with Gasteiger partial charge >= 0.3 is 5.97 Å². The van der Waals surface area contributed by atoms with Crippen molar-refractivity contribution in [2.75, 3.05) is 6.61 Å². The molecule has 27 heavy (non-hydrogen) atoms. The molecular formula is C21H22N2O4. The molecule has 0 fully saturated rings. The third-order valence-electron chi connectivity index (χ3n) is 5.08. The highest BCUT2D eigenvalue weighted by Gasteiger charge is 2.33. The Morgan fingerprint density at radius 1 is 1.33 bits per heavy atom. The molecule has 2 unspecified atom stereocenters. The van der Waals surface area contributed by atoms with E-state index in [1.54, 1.807) is 19.1 Å². The van der Waals surface area contributed by atoms with Crippen molar-refractivity contribution in [2.24, 2.45) is 7.05 Å². The van der Waals surface area contributed by atoms with E-state index in [2.05, 4.69) is 4.98 Å². The van der Waals surface area contributed by atoms with Crippen molar-refractivity contribution in [1.29, 1.82) is 0 Å². The quantitative estimate of drug-likeness (QED) is 0.718. The zero-order valence-corrected chi connectivity index (χ0v) is 15.6. The summed E-state index contributed by atoms with van der Waals surface area (Å²) < 4.78 is 13.3. The predicted molar refractivity (Wildman–Crippen MR) is 101 cm³/mol. The van der Waals surface area contributed by atoms with E-state index in [0.29, 0.717) is 29.9 Å². The van der Waals surface area contributed by atoms with Gasteiger partial charge in [-0.25, -0.2) is 9.78 Å². The first kappa shape index (κ1) is 17.5. The Morgan fingerprint density at radius 3 is 2.89 bits per heavy atom. The monoisotopic (exact) mass is 366 g/mol. The van der Waals surface area contributed by atoms with E-state index in [4.69, 9.17) is 9.47 Å². The minimum atomic E-state index is -0.645. The maximum atomic E-state index is 12.3. The highest BCUT2D eigenvalue weighted by Crippen LogP contribution is 2.38. The van der Waals surface area contributed by atoms with Crippen LogP contribution in [0.4, 0.5) is 0 Å². The van der Waals surface area contributed by atoms with Crippen molar-refractivity contribution in [3.05, 3.63) is 58.9 Å². The third kappa shape index (κ3) is 2.96. The molecule has 2 atom stereocenters. The van der Waals surface area contributed by atoms with E-state index in [-0.39, 0.29) is 0 Å². The largest absolute Gasteiger partial charge is 0.481 e. The fraction of sp³-hybridized carbons (Fsp3) is 0.333. The van der Waals surface area contributed by atoms with Crippen molar-refractivity contribution < 1.29 is 19.4 Å². The van der Waals surface area contributed by atoms with E-state index < -0.39 is 18.2 Å². The highest BCUT2D eigenvalue weighted by atomic mass is 16.5. The molecule has 0 saturated heterocycles. The van der Waals surface area contributed by atoms with Crippen LogP contribution in [0.2, 0.25) is 0 Å². The van der Waals surface area contributed by atoms with Gasteiger partial charge < -0.3 is 19.1 Å². The van der Waals surface area contributed by atoms with E-state index in [1.165, 1.54) is 0 Å².